The van der Waals surface area contributed by atoms with E-state index in [1.807, 2.05) is 13.8 Å². The maximum Gasteiger partial charge on any atom is 0.374 e. The van der Waals surface area contributed by atoms with Gasteiger partial charge in [0.15, 0.2) is 11.6 Å². The molecule has 98 valence electrons. The molecule has 2 nitrogen and oxygen atoms in total. The van der Waals surface area contributed by atoms with Crippen LogP contribution in [0, 0.1) is 17.6 Å². The fraction of sp³-hybridized carbons (Fsp3) is 0.538. The molecule has 18 heavy (non-hydrogen) atoms. The van der Waals surface area contributed by atoms with Crippen LogP contribution in [0.3, 0.4) is 0 Å². The summed E-state index contributed by atoms with van der Waals surface area (Å²) in [6.07, 6.45) is 1.20. The zero-order valence-electron chi connectivity index (χ0n) is 10.7. The highest BCUT2D eigenvalue weighted by Crippen LogP contribution is 2.23. The highest BCUT2D eigenvalue weighted by Gasteiger charge is 2.14. The molecule has 5 heteroatoms. The molecular weight excluding hydrogens is 237 g/mol. The van der Waals surface area contributed by atoms with E-state index in [1.54, 1.807) is 0 Å². The molecule has 0 amide bonds. The first kappa shape index (κ1) is 15.0. The van der Waals surface area contributed by atoms with Gasteiger partial charge in [-0.3, -0.25) is 0 Å². The summed E-state index contributed by atoms with van der Waals surface area (Å²) in [6, 6.07) is 2.83. The van der Waals surface area contributed by atoms with E-state index in [0.717, 1.165) is 6.42 Å². The van der Waals surface area contributed by atoms with Gasteiger partial charge in [0.25, 0.3) is 0 Å². The predicted molar refractivity (Wildman–Crippen MR) is 66.7 cm³/mol. The van der Waals surface area contributed by atoms with Gasteiger partial charge < -0.3 is 9.39 Å². The summed E-state index contributed by atoms with van der Waals surface area (Å²) in [4.78, 5) is 0. The van der Waals surface area contributed by atoms with Crippen molar-refractivity contribution in [2.45, 2.75) is 26.7 Å². The Hall–Kier alpha value is -1.10. The molecule has 0 aromatic heterocycles. The molecule has 0 spiro atoms. The molecule has 0 bridgehead atoms. The minimum absolute atomic E-state index is 0.279. The number of rotatable bonds is 7. The molecule has 0 heterocycles. The second kappa shape index (κ2) is 7.36. The van der Waals surface area contributed by atoms with E-state index in [9.17, 15) is 8.78 Å². The van der Waals surface area contributed by atoms with Gasteiger partial charge in [-0.05, 0) is 37.3 Å². The molecule has 1 aromatic rings. The number of hydrogen-bond acceptors (Lipinski definition) is 2. The van der Waals surface area contributed by atoms with Crippen molar-refractivity contribution in [1.29, 1.82) is 0 Å². The monoisotopic (exact) mass is 254 g/mol. The third kappa shape index (κ3) is 3.98. The molecular formula is C13H17BF2O2. The molecule has 0 N–H and O–H groups in total. The largest absolute Gasteiger partial charge is 0.566 e. The summed E-state index contributed by atoms with van der Waals surface area (Å²) in [6.45, 7) is 5.23. The molecule has 1 rings (SSSR count). The van der Waals surface area contributed by atoms with E-state index in [1.165, 1.54) is 12.1 Å². The first-order chi connectivity index (χ1) is 8.60. The number of ether oxygens (including phenoxy) is 1. The van der Waals surface area contributed by atoms with E-state index in [2.05, 4.69) is 4.65 Å². The van der Waals surface area contributed by atoms with Crippen molar-refractivity contribution in [3.8, 4) is 5.75 Å². The topological polar surface area (TPSA) is 18.5 Å². The Morgan fingerprint density at radius 2 is 2.00 bits per heavy atom. The van der Waals surface area contributed by atoms with E-state index in [-0.39, 0.29) is 5.75 Å². The summed E-state index contributed by atoms with van der Waals surface area (Å²) in [7, 11) is 4.82. The van der Waals surface area contributed by atoms with Crippen LogP contribution in [0.1, 0.15) is 25.8 Å². The van der Waals surface area contributed by atoms with Crippen LogP contribution in [0.25, 0.3) is 0 Å². The highest BCUT2D eigenvalue weighted by atomic mass is 19.2. The van der Waals surface area contributed by atoms with Crippen molar-refractivity contribution in [2.75, 3.05) is 13.2 Å². The van der Waals surface area contributed by atoms with Crippen LogP contribution in [0.5, 0.6) is 5.75 Å². The van der Waals surface area contributed by atoms with Crippen molar-refractivity contribution < 1.29 is 18.2 Å². The summed E-state index contributed by atoms with van der Waals surface area (Å²) < 4.78 is 36.5. The van der Waals surface area contributed by atoms with Crippen molar-refractivity contribution in [2.24, 2.45) is 5.92 Å². The Labute approximate surface area is 108 Å². The lowest BCUT2D eigenvalue weighted by Gasteiger charge is -2.12. The zero-order valence-corrected chi connectivity index (χ0v) is 10.7. The van der Waals surface area contributed by atoms with Gasteiger partial charge in [-0.15, -0.1) is 0 Å². The van der Waals surface area contributed by atoms with Gasteiger partial charge in [0.1, 0.15) is 5.75 Å². The van der Waals surface area contributed by atoms with Crippen molar-refractivity contribution in [3.63, 3.8) is 0 Å². The average molecular weight is 254 g/mol. The Morgan fingerprint density at radius 3 is 2.61 bits per heavy atom. The fourth-order valence-electron chi connectivity index (χ4n) is 1.66. The SMILES string of the molecule is [B]Oc1ccc(CCC(C)COCC)c(F)c1F. The van der Waals surface area contributed by atoms with Crippen molar-refractivity contribution in [1.82, 2.24) is 0 Å². The van der Waals surface area contributed by atoms with Crippen LogP contribution in [-0.4, -0.2) is 21.3 Å². The Kier molecular flexibility index (Phi) is 6.12. The number of aryl methyl sites for hydroxylation is 1. The molecule has 0 aliphatic heterocycles. The van der Waals surface area contributed by atoms with Crippen LogP contribution in [-0.2, 0) is 11.2 Å². The zero-order chi connectivity index (χ0) is 13.5. The Balaban J connectivity index is 2.60. The van der Waals surface area contributed by atoms with Crippen molar-refractivity contribution in [3.05, 3.63) is 29.3 Å². The molecule has 1 aromatic carbocycles. The number of hydrogen-bond donors (Lipinski definition) is 0. The lowest BCUT2D eigenvalue weighted by molar-refractivity contribution is 0.113. The van der Waals surface area contributed by atoms with E-state index >= 15 is 0 Å². The van der Waals surface area contributed by atoms with Crippen LogP contribution < -0.4 is 4.65 Å². The first-order valence-electron chi connectivity index (χ1n) is 6.01. The van der Waals surface area contributed by atoms with Gasteiger partial charge in [0.2, 0.25) is 0 Å². The average Bonchev–Trinajstić information content (AvgIpc) is 2.38. The van der Waals surface area contributed by atoms with Crippen LogP contribution in [0.4, 0.5) is 8.78 Å². The maximum atomic E-state index is 13.6. The fourth-order valence-corrected chi connectivity index (χ4v) is 1.66. The third-order valence-corrected chi connectivity index (χ3v) is 2.77. The van der Waals surface area contributed by atoms with Gasteiger partial charge in [0.05, 0.1) is 0 Å². The maximum absolute atomic E-state index is 13.6. The van der Waals surface area contributed by atoms with Crippen LogP contribution in [0.2, 0.25) is 0 Å². The molecule has 0 fully saturated rings. The van der Waals surface area contributed by atoms with Gasteiger partial charge in [-0.2, -0.15) is 4.39 Å². The number of halogens is 2. The standard InChI is InChI=1S/C13H17BF2O2/c1-3-17-8-9(2)4-5-10-6-7-11(18-14)13(16)12(10)15/h6-7,9H,3-5,8H2,1-2H3. The minimum Gasteiger partial charge on any atom is -0.566 e. The van der Waals surface area contributed by atoms with Gasteiger partial charge in [-0.25, -0.2) is 4.39 Å². The lowest BCUT2D eigenvalue weighted by atomic mass is 10.0. The normalized spacial score (nSPS) is 12.4. The number of benzene rings is 1. The van der Waals surface area contributed by atoms with Crippen LogP contribution >= 0.6 is 0 Å². The van der Waals surface area contributed by atoms with E-state index in [0.29, 0.717) is 31.1 Å². The molecule has 0 aliphatic rings. The second-order valence-electron chi connectivity index (χ2n) is 4.27. The highest BCUT2D eigenvalue weighted by molar-refractivity contribution is 5.99. The summed E-state index contributed by atoms with van der Waals surface area (Å²) in [5, 5.41) is 0. The summed E-state index contributed by atoms with van der Waals surface area (Å²) >= 11 is 0. The van der Waals surface area contributed by atoms with E-state index < -0.39 is 11.6 Å². The van der Waals surface area contributed by atoms with Gasteiger partial charge >= 0.3 is 8.05 Å². The molecule has 1 atom stereocenters. The first-order valence-corrected chi connectivity index (χ1v) is 6.01. The molecule has 0 aliphatic carbocycles. The molecule has 2 radical (unpaired) electrons. The second-order valence-corrected chi connectivity index (χ2v) is 4.27. The smallest absolute Gasteiger partial charge is 0.374 e. The molecule has 0 saturated heterocycles. The third-order valence-electron chi connectivity index (χ3n) is 2.77. The van der Waals surface area contributed by atoms with Gasteiger partial charge in [0, 0.05) is 13.2 Å². The van der Waals surface area contributed by atoms with Gasteiger partial charge in [-0.1, -0.05) is 13.0 Å². The van der Waals surface area contributed by atoms with Crippen molar-refractivity contribution >= 4 is 8.05 Å². The van der Waals surface area contributed by atoms with E-state index in [4.69, 9.17) is 12.8 Å². The Morgan fingerprint density at radius 1 is 1.28 bits per heavy atom. The lowest BCUT2D eigenvalue weighted by Crippen LogP contribution is -2.08. The summed E-state index contributed by atoms with van der Waals surface area (Å²) in [5.41, 5.74) is 0.330. The molecule has 0 saturated carbocycles. The predicted octanol–water partition coefficient (Wildman–Crippen LogP) is 3.03. The molecule has 1 unspecified atom stereocenters. The van der Waals surface area contributed by atoms with Crippen LogP contribution in [0.15, 0.2) is 12.1 Å². The summed E-state index contributed by atoms with van der Waals surface area (Å²) in [5.74, 6) is -1.90. The quantitative estimate of drug-likeness (QED) is 0.696. The Bertz CT molecular complexity index is 385. The minimum atomic E-state index is -1.03.